The van der Waals surface area contributed by atoms with E-state index in [-0.39, 0.29) is 11.0 Å². The first kappa shape index (κ1) is 27.5. The van der Waals surface area contributed by atoms with Crippen LogP contribution in [0.2, 0.25) is 0 Å². The van der Waals surface area contributed by atoms with E-state index in [1.807, 2.05) is 6.07 Å². The Bertz CT molecular complexity index is 1480. The quantitative estimate of drug-likeness (QED) is 0.521. The summed E-state index contributed by atoms with van der Waals surface area (Å²) in [4.78, 5) is 14.7. The van der Waals surface area contributed by atoms with E-state index in [9.17, 15) is 9.65 Å². The first-order chi connectivity index (χ1) is 20.8. The van der Waals surface area contributed by atoms with Crippen molar-refractivity contribution in [2.24, 2.45) is 5.41 Å². The summed E-state index contributed by atoms with van der Waals surface area (Å²) in [6.45, 7) is 7.86. The van der Waals surface area contributed by atoms with Crippen molar-refractivity contribution in [2.75, 3.05) is 56.6 Å². The van der Waals surface area contributed by atoms with Crippen molar-refractivity contribution >= 4 is 11.5 Å². The van der Waals surface area contributed by atoms with Gasteiger partial charge in [0.25, 0.3) is 0 Å². The number of alkyl halides is 1. The molecule has 0 amide bonds. The normalized spacial score (nSPS) is 32.6. The van der Waals surface area contributed by atoms with E-state index in [0.717, 1.165) is 99.6 Å². The van der Waals surface area contributed by atoms with Gasteiger partial charge in [-0.3, -0.25) is 4.90 Å². The molecule has 9 nitrogen and oxygen atoms in total. The highest BCUT2D eigenvalue weighted by Gasteiger charge is 2.51. The summed E-state index contributed by atoms with van der Waals surface area (Å²) in [6.07, 6.45) is 6.10. The Kier molecular flexibility index (Phi) is 6.41. The van der Waals surface area contributed by atoms with Crippen molar-refractivity contribution in [3.8, 4) is 12.1 Å². The molecule has 10 heteroatoms. The predicted molar refractivity (Wildman–Crippen MR) is 159 cm³/mol. The molecule has 0 saturated carbocycles. The van der Waals surface area contributed by atoms with Crippen LogP contribution in [-0.4, -0.2) is 72.6 Å². The fourth-order valence-corrected chi connectivity index (χ4v) is 9.04. The van der Waals surface area contributed by atoms with Crippen LogP contribution in [0.25, 0.3) is 0 Å². The largest absolute Gasteiger partial charge is 0.461 e. The van der Waals surface area contributed by atoms with Gasteiger partial charge in [-0.05, 0) is 62.6 Å². The molecule has 2 N–H and O–H groups in total. The van der Waals surface area contributed by atoms with Crippen LogP contribution in [0, 0.1) is 16.7 Å². The molecule has 43 heavy (non-hydrogen) atoms. The van der Waals surface area contributed by atoms with Gasteiger partial charge in [0, 0.05) is 67.9 Å². The first-order valence-corrected chi connectivity index (χ1v) is 16.0. The molecular weight excluding hydrogens is 547 g/mol. The summed E-state index contributed by atoms with van der Waals surface area (Å²) in [6, 6.07) is 6.67. The van der Waals surface area contributed by atoms with E-state index in [0.29, 0.717) is 55.8 Å². The number of rotatable bonds is 4. The van der Waals surface area contributed by atoms with Crippen molar-refractivity contribution in [3.63, 3.8) is 0 Å². The van der Waals surface area contributed by atoms with E-state index in [1.54, 1.807) is 0 Å². The van der Waals surface area contributed by atoms with Crippen molar-refractivity contribution in [2.45, 2.75) is 88.1 Å². The minimum absolute atomic E-state index is 0.273. The maximum atomic E-state index is 14.5. The van der Waals surface area contributed by atoms with Gasteiger partial charge >= 0.3 is 6.01 Å². The van der Waals surface area contributed by atoms with E-state index >= 15 is 0 Å². The smallest absolute Gasteiger partial charge is 0.318 e. The molecule has 0 radical (unpaired) electrons. The molecule has 4 saturated heterocycles. The van der Waals surface area contributed by atoms with Crippen LogP contribution in [0.1, 0.15) is 85.7 Å². The zero-order valence-corrected chi connectivity index (χ0v) is 25.0. The van der Waals surface area contributed by atoms with Crippen LogP contribution in [0.3, 0.4) is 0 Å². The summed E-state index contributed by atoms with van der Waals surface area (Å²) in [5, 5.41) is 10.2. The Morgan fingerprint density at radius 2 is 2.02 bits per heavy atom. The van der Waals surface area contributed by atoms with Crippen molar-refractivity contribution < 1.29 is 18.6 Å². The third-order valence-electron chi connectivity index (χ3n) is 11.5. The zero-order chi connectivity index (χ0) is 29.4. The third-order valence-corrected chi connectivity index (χ3v) is 11.5. The van der Waals surface area contributed by atoms with Gasteiger partial charge in [-0.15, -0.1) is 0 Å². The lowest BCUT2D eigenvalue weighted by Gasteiger charge is -2.53. The SMILES string of the molecule is CC1CCC2(Cc3nc(OCC45CCCN4CC(F)C5)nc(N4CC5(CCOCC5)C4)c3CO2)c2c1ccc(N)c2C#N. The Morgan fingerprint density at radius 1 is 1.19 bits per heavy atom. The molecule has 4 fully saturated rings. The number of hydrogen-bond acceptors (Lipinski definition) is 9. The number of benzene rings is 1. The molecule has 5 aliphatic heterocycles. The van der Waals surface area contributed by atoms with Crippen LogP contribution < -0.4 is 15.4 Å². The molecular formula is C33H41FN6O3. The number of nitrogens with zero attached hydrogens (tertiary/aromatic N) is 5. The van der Waals surface area contributed by atoms with Crippen LogP contribution in [0.15, 0.2) is 12.1 Å². The van der Waals surface area contributed by atoms with Gasteiger partial charge in [0.1, 0.15) is 30.3 Å². The standard InChI is InChI=1S/C33H41FN6O3/c1-21-5-7-33(28-23(21)3-4-26(36)24(28)15-35)14-27-25(17-43-33)29(39-18-31(19-39)8-11-41-12-9-31)38-30(37-27)42-20-32-6-2-10-40(32)16-22(34)13-32/h3-4,21-22H,2,5-14,16-20,36H2,1H3. The van der Waals surface area contributed by atoms with Gasteiger partial charge in [0.05, 0.1) is 23.4 Å². The lowest BCUT2D eigenvalue weighted by Crippen LogP contribution is -2.59. The minimum Gasteiger partial charge on any atom is -0.461 e. The number of nitrogens with two attached hydrogens (primary N) is 1. The fraction of sp³-hybridized carbons (Fsp3) is 0.667. The second kappa shape index (κ2) is 10.0. The van der Waals surface area contributed by atoms with Crippen LogP contribution in [0.5, 0.6) is 6.01 Å². The summed E-state index contributed by atoms with van der Waals surface area (Å²) >= 11 is 0. The second-order valence-corrected chi connectivity index (χ2v) is 14.1. The summed E-state index contributed by atoms with van der Waals surface area (Å²) in [7, 11) is 0. The molecule has 4 atom stereocenters. The molecule has 6 aliphatic rings. The number of nitrogen functional groups attached to an aromatic ring is 1. The first-order valence-electron chi connectivity index (χ1n) is 16.0. The number of aromatic nitrogens is 2. The molecule has 6 heterocycles. The van der Waals surface area contributed by atoms with Crippen LogP contribution >= 0.6 is 0 Å². The van der Waals surface area contributed by atoms with Gasteiger partial charge in [0.15, 0.2) is 0 Å². The van der Waals surface area contributed by atoms with Crippen molar-refractivity contribution in [3.05, 3.63) is 40.1 Å². The van der Waals surface area contributed by atoms with Gasteiger partial charge in [0.2, 0.25) is 0 Å². The second-order valence-electron chi connectivity index (χ2n) is 14.1. The Morgan fingerprint density at radius 3 is 2.84 bits per heavy atom. The average molecular weight is 589 g/mol. The predicted octanol–water partition coefficient (Wildman–Crippen LogP) is 4.37. The molecule has 2 aromatic rings. The molecule has 228 valence electrons. The number of hydrogen-bond donors (Lipinski definition) is 1. The Labute approximate surface area is 252 Å². The monoisotopic (exact) mass is 588 g/mol. The van der Waals surface area contributed by atoms with Crippen molar-refractivity contribution in [1.82, 2.24) is 14.9 Å². The topological polar surface area (TPSA) is 110 Å². The van der Waals surface area contributed by atoms with Gasteiger partial charge in [-0.2, -0.15) is 15.2 Å². The zero-order valence-electron chi connectivity index (χ0n) is 25.0. The summed E-state index contributed by atoms with van der Waals surface area (Å²) in [5.41, 5.74) is 10.7. The molecule has 4 unspecified atom stereocenters. The Hall–Kier alpha value is -3.00. The van der Waals surface area contributed by atoms with Crippen LogP contribution in [-0.2, 0) is 28.1 Å². The minimum atomic E-state index is -0.812. The summed E-state index contributed by atoms with van der Waals surface area (Å²) < 4.78 is 33.4. The van der Waals surface area contributed by atoms with Gasteiger partial charge in [-0.25, -0.2) is 4.39 Å². The molecule has 1 aliphatic carbocycles. The molecule has 0 bridgehead atoms. The highest BCUT2D eigenvalue weighted by Crippen LogP contribution is 2.52. The molecule has 8 rings (SSSR count). The molecule has 1 aromatic heterocycles. The number of anilines is 2. The summed E-state index contributed by atoms with van der Waals surface area (Å²) in [5.74, 6) is 1.20. The van der Waals surface area contributed by atoms with E-state index in [4.69, 9.17) is 29.9 Å². The highest BCUT2D eigenvalue weighted by atomic mass is 19.1. The third kappa shape index (κ3) is 4.33. The molecule has 2 spiro atoms. The van der Waals surface area contributed by atoms with E-state index in [2.05, 4.69) is 28.9 Å². The number of fused-ring (bicyclic) bond motifs is 4. The molecule has 1 aromatic carbocycles. The maximum Gasteiger partial charge on any atom is 0.318 e. The van der Waals surface area contributed by atoms with Gasteiger partial charge < -0.3 is 24.8 Å². The van der Waals surface area contributed by atoms with Crippen molar-refractivity contribution in [1.29, 1.82) is 5.26 Å². The lowest BCUT2D eigenvalue weighted by atomic mass is 9.69. The number of ether oxygens (including phenoxy) is 3. The van der Waals surface area contributed by atoms with Crippen LogP contribution in [0.4, 0.5) is 15.9 Å². The average Bonchev–Trinajstić information content (AvgIpc) is 3.52. The highest BCUT2D eigenvalue weighted by molar-refractivity contribution is 5.64. The lowest BCUT2D eigenvalue weighted by molar-refractivity contribution is -0.0875. The number of nitriles is 1. The van der Waals surface area contributed by atoms with E-state index < -0.39 is 11.8 Å². The van der Waals surface area contributed by atoms with E-state index in [1.165, 1.54) is 0 Å². The van der Waals surface area contributed by atoms with Gasteiger partial charge in [-0.1, -0.05) is 13.0 Å². The Balaban J connectivity index is 1.16. The number of halogens is 1. The maximum absolute atomic E-state index is 14.5. The fourth-order valence-electron chi connectivity index (χ4n) is 9.04.